The molecule has 1 fully saturated rings. The molecule has 0 unspecified atom stereocenters. The maximum Gasteiger partial charge on any atom is 0.330 e. The van der Waals surface area contributed by atoms with E-state index in [9.17, 15) is 9.59 Å². The normalized spacial score (nSPS) is 15.5. The highest BCUT2D eigenvalue weighted by Crippen LogP contribution is 2.24. The van der Waals surface area contributed by atoms with Crippen LogP contribution < -0.4 is 5.69 Å². The highest BCUT2D eigenvalue weighted by atomic mass is 16.2. The Balaban J connectivity index is 1.58. The molecule has 0 saturated carbocycles. The molecule has 0 aliphatic carbocycles. The summed E-state index contributed by atoms with van der Waals surface area (Å²) in [5.41, 5.74) is 4.68. The van der Waals surface area contributed by atoms with Crippen LogP contribution in [-0.4, -0.2) is 56.0 Å². The maximum absolute atomic E-state index is 12.8. The van der Waals surface area contributed by atoms with Gasteiger partial charge < -0.3 is 4.90 Å². The zero-order chi connectivity index (χ0) is 23.0. The van der Waals surface area contributed by atoms with E-state index in [2.05, 4.69) is 49.9 Å². The van der Waals surface area contributed by atoms with Crippen molar-refractivity contribution < 1.29 is 4.79 Å². The van der Waals surface area contributed by atoms with E-state index in [1.54, 1.807) is 18.5 Å². The lowest BCUT2D eigenvalue weighted by molar-refractivity contribution is -0.130. The summed E-state index contributed by atoms with van der Waals surface area (Å²) in [5.74, 6) is 0.152. The van der Waals surface area contributed by atoms with E-state index in [4.69, 9.17) is 4.98 Å². The van der Waals surface area contributed by atoms with E-state index in [0.717, 1.165) is 49.5 Å². The van der Waals surface area contributed by atoms with E-state index >= 15 is 0 Å². The predicted octanol–water partition coefficient (Wildman–Crippen LogP) is 3.11. The number of amides is 1. The number of piperazine rings is 1. The number of carbonyl (C=O) groups excluding carboxylic acids is 1. The Morgan fingerprint density at radius 2 is 1.78 bits per heavy atom. The van der Waals surface area contributed by atoms with E-state index in [1.807, 2.05) is 21.6 Å². The highest BCUT2D eigenvalue weighted by molar-refractivity contribution is 5.76. The van der Waals surface area contributed by atoms with Crippen LogP contribution in [0.4, 0.5) is 0 Å². The Kier molecular flexibility index (Phi) is 5.95. The minimum atomic E-state index is -0.0296. The van der Waals surface area contributed by atoms with Crippen LogP contribution in [0.25, 0.3) is 22.4 Å². The minimum absolute atomic E-state index is 0.00101. The zero-order valence-corrected chi connectivity index (χ0v) is 19.8. The van der Waals surface area contributed by atoms with Gasteiger partial charge in [-0.15, -0.1) is 0 Å². The average Bonchev–Trinajstić information content (AvgIpc) is 2.97. The van der Waals surface area contributed by atoms with Crippen LogP contribution in [0.15, 0.2) is 41.2 Å². The van der Waals surface area contributed by atoms with Gasteiger partial charge in [0, 0.05) is 58.8 Å². The standard InChI is InChI=1S/C25H33N5O2/c1-18(31)29-13-11-28(12-14-29)16-19-7-6-8-20(15-19)21-9-10-22-23(26-21)27(5)24(32)30(22)17-25(2,3)4/h6-10,15H,11-14,16-17H2,1-5H3. The first kappa shape index (κ1) is 22.3. The first-order valence-corrected chi connectivity index (χ1v) is 11.3. The van der Waals surface area contributed by atoms with Crippen molar-refractivity contribution in [2.24, 2.45) is 12.5 Å². The molecule has 0 N–H and O–H groups in total. The number of fused-ring (bicyclic) bond motifs is 1. The van der Waals surface area contributed by atoms with Gasteiger partial charge in [0.15, 0.2) is 5.65 Å². The van der Waals surface area contributed by atoms with Crippen LogP contribution in [0.2, 0.25) is 0 Å². The lowest BCUT2D eigenvalue weighted by Gasteiger charge is -2.34. The second-order valence-corrected chi connectivity index (χ2v) is 10.0. The van der Waals surface area contributed by atoms with Crippen LogP contribution in [0.5, 0.6) is 0 Å². The van der Waals surface area contributed by atoms with Crippen LogP contribution in [0.3, 0.4) is 0 Å². The zero-order valence-electron chi connectivity index (χ0n) is 19.8. The molecule has 170 valence electrons. The summed E-state index contributed by atoms with van der Waals surface area (Å²) in [4.78, 5) is 33.5. The van der Waals surface area contributed by atoms with Gasteiger partial charge >= 0.3 is 5.69 Å². The van der Waals surface area contributed by atoms with E-state index in [1.165, 1.54) is 5.56 Å². The first-order chi connectivity index (χ1) is 15.1. The van der Waals surface area contributed by atoms with Crippen molar-refractivity contribution in [3.05, 3.63) is 52.4 Å². The smallest absolute Gasteiger partial charge is 0.330 e. The molecule has 1 aromatic carbocycles. The van der Waals surface area contributed by atoms with E-state index in [-0.39, 0.29) is 17.0 Å². The molecule has 7 heteroatoms. The summed E-state index contributed by atoms with van der Waals surface area (Å²) < 4.78 is 3.46. The summed E-state index contributed by atoms with van der Waals surface area (Å²) in [5, 5.41) is 0. The molecule has 0 bridgehead atoms. The second-order valence-electron chi connectivity index (χ2n) is 10.0. The SMILES string of the molecule is CC(=O)N1CCN(Cc2cccc(-c3ccc4c(n3)n(C)c(=O)n4CC(C)(C)C)c2)CC1. The number of pyridine rings is 1. The van der Waals surface area contributed by atoms with Crippen molar-refractivity contribution in [2.45, 2.75) is 40.8 Å². The molecule has 3 aromatic rings. The van der Waals surface area contributed by atoms with Gasteiger partial charge in [-0.05, 0) is 29.2 Å². The van der Waals surface area contributed by atoms with Gasteiger partial charge in [0.25, 0.3) is 0 Å². The van der Waals surface area contributed by atoms with Gasteiger partial charge in [-0.3, -0.25) is 18.8 Å². The lowest BCUT2D eigenvalue weighted by Crippen LogP contribution is -2.47. The average molecular weight is 436 g/mol. The molecule has 0 atom stereocenters. The van der Waals surface area contributed by atoms with Crippen molar-refractivity contribution in [3.63, 3.8) is 0 Å². The first-order valence-electron chi connectivity index (χ1n) is 11.3. The van der Waals surface area contributed by atoms with Crippen LogP contribution in [0, 0.1) is 5.41 Å². The summed E-state index contributed by atoms with van der Waals surface area (Å²) in [6, 6.07) is 12.5. The maximum atomic E-state index is 12.8. The molecule has 1 saturated heterocycles. The molecule has 3 heterocycles. The number of nitrogens with zero attached hydrogens (tertiary/aromatic N) is 5. The van der Waals surface area contributed by atoms with Crippen molar-refractivity contribution >= 4 is 17.1 Å². The molecule has 1 amide bonds. The number of aromatic nitrogens is 3. The number of hydrogen-bond donors (Lipinski definition) is 0. The van der Waals surface area contributed by atoms with Crippen molar-refractivity contribution in [1.29, 1.82) is 0 Å². The Labute approximate surface area is 189 Å². The molecule has 4 rings (SSSR count). The Hall–Kier alpha value is -2.93. The van der Waals surface area contributed by atoms with Gasteiger partial charge in [-0.2, -0.15) is 0 Å². The minimum Gasteiger partial charge on any atom is -0.340 e. The molecule has 1 aliphatic rings. The second kappa shape index (κ2) is 8.54. The molecule has 1 aliphatic heterocycles. The fourth-order valence-corrected chi connectivity index (χ4v) is 4.37. The van der Waals surface area contributed by atoms with Crippen LogP contribution in [0.1, 0.15) is 33.3 Å². The van der Waals surface area contributed by atoms with Gasteiger partial charge in [-0.25, -0.2) is 9.78 Å². The van der Waals surface area contributed by atoms with Gasteiger partial charge in [0.2, 0.25) is 5.91 Å². The molecular weight excluding hydrogens is 402 g/mol. The summed E-state index contributed by atoms with van der Waals surface area (Å²) in [6.45, 7) is 12.9. The number of imidazole rings is 1. The Morgan fingerprint density at radius 1 is 1.06 bits per heavy atom. The van der Waals surface area contributed by atoms with Crippen molar-refractivity contribution in [3.8, 4) is 11.3 Å². The quantitative estimate of drug-likeness (QED) is 0.632. The fraction of sp³-hybridized carbons (Fsp3) is 0.480. The van der Waals surface area contributed by atoms with E-state index < -0.39 is 0 Å². The molecule has 32 heavy (non-hydrogen) atoms. The molecule has 7 nitrogen and oxygen atoms in total. The monoisotopic (exact) mass is 435 g/mol. The van der Waals surface area contributed by atoms with Crippen LogP contribution in [-0.2, 0) is 24.9 Å². The summed E-state index contributed by atoms with van der Waals surface area (Å²) >= 11 is 0. The third-order valence-electron chi connectivity index (χ3n) is 6.06. The topological polar surface area (TPSA) is 63.4 Å². The number of carbonyl (C=O) groups is 1. The van der Waals surface area contributed by atoms with Gasteiger partial charge in [-0.1, -0.05) is 39.0 Å². The molecule has 0 spiro atoms. The van der Waals surface area contributed by atoms with E-state index in [0.29, 0.717) is 12.2 Å². The van der Waals surface area contributed by atoms with Crippen LogP contribution >= 0.6 is 0 Å². The molecule has 2 aromatic heterocycles. The number of rotatable bonds is 4. The highest BCUT2D eigenvalue weighted by Gasteiger charge is 2.20. The largest absolute Gasteiger partial charge is 0.340 e. The Bertz CT molecular complexity index is 1190. The fourth-order valence-electron chi connectivity index (χ4n) is 4.37. The summed E-state index contributed by atoms with van der Waals surface area (Å²) in [6.07, 6.45) is 0. The van der Waals surface area contributed by atoms with Crippen molar-refractivity contribution in [1.82, 2.24) is 23.9 Å². The van der Waals surface area contributed by atoms with Crippen molar-refractivity contribution in [2.75, 3.05) is 26.2 Å². The summed E-state index contributed by atoms with van der Waals surface area (Å²) in [7, 11) is 1.79. The van der Waals surface area contributed by atoms with Gasteiger partial charge in [0.1, 0.15) is 0 Å². The third-order valence-corrected chi connectivity index (χ3v) is 6.06. The predicted molar refractivity (Wildman–Crippen MR) is 127 cm³/mol. The molecule has 0 radical (unpaired) electrons. The third kappa shape index (κ3) is 4.63. The van der Waals surface area contributed by atoms with Gasteiger partial charge in [0.05, 0.1) is 11.2 Å². The number of aryl methyl sites for hydroxylation is 1. The number of hydrogen-bond acceptors (Lipinski definition) is 4. The Morgan fingerprint density at radius 3 is 2.44 bits per heavy atom. The molecular formula is C25H33N5O2. The number of benzene rings is 1. The lowest BCUT2D eigenvalue weighted by atomic mass is 9.97.